The van der Waals surface area contributed by atoms with Crippen molar-refractivity contribution >= 4 is 5.97 Å². The molecule has 0 saturated carbocycles. The Morgan fingerprint density at radius 2 is 2.33 bits per heavy atom. The van der Waals surface area contributed by atoms with Crippen LogP contribution in [0.2, 0.25) is 0 Å². The number of rotatable bonds is 2. The van der Waals surface area contributed by atoms with Gasteiger partial charge in [-0.2, -0.15) is 0 Å². The van der Waals surface area contributed by atoms with E-state index in [2.05, 4.69) is 11.9 Å². The molecule has 2 aliphatic heterocycles. The van der Waals surface area contributed by atoms with Crippen molar-refractivity contribution in [1.29, 1.82) is 0 Å². The number of hydrogen-bond acceptors (Lipinski definition) is 4. The predicted molar refractivity (Wildman–Crippen MR) is 52.5 cm³/mol. The van der Waals surface area contributed by atoms with E-state index in [4.69, 9.17) is 14.6 Å². The van der Waals surface area contributed by atoms with Crippen LogP contribution >= 0.6 is 0 Å². The zero-order chi connectivity index (χ0) is 10.8. The third-order valence-electron chi connectivity index (χ3n) is 3.03. The van der Waals surface area contributed by atoms with Crippen LogP contribution in [0, 0.1) is 5.92 Å². The van der Waals surface area contributed by atoms with Crippen LogP contribution in [0.15, 0.2) is 0 Å². The number of carboxylic acids is 1. The molecule has 2 aliphatic rings. The van der Waals surface area contributed by atoms with E-state index < -0.39 is 12.1 Å². The Morgan fingerprint density at radius 1 is 1.53 bits per heavy atom. The molecule has 2 fully saturated rings. The van der Waals surface area contributed by atoms with Gasteiger partial charge in [0.05, 0.1) is 6.61 Å². The Balaban J connectivity index is 1.87. The number of aliphatic carboxylic acids is 1. The molecule has 2 heterocycles. The average molecular weight is 215 g/mol. The Labute approximate surface area is 89.0 Å². The minimum atomic E-state index is -0.929. The van der Waals surface area contributed by atoms with Crippen LogP contribution in [-0.2, 0) is 14.3 Å². The monoisotopic (exact) mass is 215 g/mol. The second-order valence-electron chi connectivity index (χ2n) is 4.33. The second-order valence-corrected chi connectivity index (χ2v) is 4.33. The van der Waals surface area contributed by atoms with Crippen molar-refractivity contribution in [2.75, 3.05) is 26.7 Å². The summed E-state index contributed by atoms with van der Waals surface area (Å²) in [6.07, 6.45) is 1.08. The van der Waals surface area contributed by atoms with Crippen molar-refractivity contribution < 1.29 is 19.4 Å². The number of piperidine rings is 1. The molecule has 0 amide bonds. The molecule has 5 nitrogen and oxygen atoms in total. The van der Waals surface area contributed by atoms with Gasteiger partial charge in [-0.3, -0.25) is 0 Å². The molecule has 0 spiro atoms. The van der Waals surface area contributed by atoms with E-state index in [0.717, 1.165) is 25.9 Å². The number of hydrogen-bond donors (Lipinski definition) is 1. The molecule has 0 aliphatic carbocycles. The van der Waals surface area contributed by atoms with Crippen molar-refractivity contribution in [2.45, 2.75) is 25.2 Å². The highest BCUT2D eigenvalue weighted by Gasteiger charge is 2.37. The van der Waals surface area contributed by atoms with Gasteiger partial charge in [0, 0.05) is 12.5 Å². The van der Waals surface area contributed by atoms with Crippen LogP contribution in [0.5, 0.6) is 0 Å². The average Bonchev–Trinajstić information content (AvgIpc) is 2.66. The van der Waals surface area contributed by atoms with E-state index in [1.807, 2.05) is 0 Å². The molecule has 0 bridgehead atoms. The minimum absolute atomic E-state index is 0.181. The maximum atomic E-state index is 10.7. The van der Waals surface area contributed by atoms with E-state index >= 15 is 0 Å². The minimum Gasteiger partial charge on any atom is -0.479 e. The molecule has 0 radical (unpaired) electrons. The molecule has 5 heteroatoms. The molecule has 2 rings (SSSR count). The van der Waals surface area contributed by atoms with Gasteiger partial charge in [0.2, 0.25) is 0 Å². The third-order valence-corrected chi connectivity index (χ3v) is 3.03. The first-order valence-electron chi connectivity index (χ1n) is 5.35. The Kier molecular flexibility index (Phi) is 3.23. The maximum Gasteiger partial charge on any atom is 0.335 e. The van der Waals surface area contributed by atoms with Crippen molar-refractivity contribution in [3.8, 4) is 0 Å². The fourth-order valence-corrected chi connectivity index (χ4v) is 2.23. The summed E-state index contributed by atoms with van der Waals surface area (Å²) >= 11 is 0. The summed E-state index contributed by atoms with van der Waals surface area (Å²) in [4.78, 5) is 12.9. The molecule has 2 saturated heterocycles. The highest BCUT2D eigenvalue weighted by atomic mass is 16.7. The summed E-state index contributed by atoms with van der Waals surface area (Å²) in [5.74, 6) is -0.616. The number of ether oxygens (including phenoxy) is 2. The van der Waals surface area contributed by atoms with Crippen LogP contribution in [-0.4, -0.2) is 55.1 Å². The van der Waals surface area contributed by atoms with Crippen LogP contribution < -0.4 is 0 Å². The smallest absolute Gasteiger partial charge is 0.335 e. The van der Waals surface area contributed by atoms with Gasteiger partial charge in [-0.1, -0.05) is 0 Å². The van der Waals surface area contributed by atoms with Crippen molar-refractivity contribution in [2.24, 2.45) is 5.92 Å². The maximum absolute atomic E-state index is 10.7. The molecule has 0 aromatic rings. The zero-order valence-electron chi connectivity index (χ0n) is 8.89. The van der Waals surface area contributed by atoms with Crippen molar-refractivity contribution in [3.05, 3.63) is 0 Å². The fourth-order valence-electron chi connectivity index (χ4n) is 2.23. The quantitative estimate of drug-likeness (QED) is 0.710. The zero-order valence-corrected chi connectivity index (χ0v) is 8.89. The summed E-state index contributed by atoms with van der Waals surface area (Å²) in [7, 11) is 2.07. The lowest BCUT2D eigenvalue weighted by Gasteiger charge is -2.32. The molecule has 15 heavy (non-hydrogen) atoms. The van der Waals surface area contributed by atoms with Crippen LogP contribution in [0.4, 0.5) is 0 Å². The van der Waals surface area contributed by atoms with Gasteiger partial charge in [0.1, 0.15) is 0 Å². The normalized spacial score (nSPS) is 38.1. The molecule has 3 unspecified atom stereocenters. The van der Waals surface area contributed by atoms with Gasteiger partial charge in [0.25, 0.3) is 0 Å². The number of carbonyl (C=O) groups is 1. The van der Waals surface area contributed by atoms with E-state index in [-0.39, 0.29) is 12.9 Å². The molecule has 1 N–H and O–H groups in total. The number of carboxylic acid groups (broad SMARTS) is 1. The molecule has 0 aromatic carbocycles. The van der Waals surface area contributed by atoms with Crippen LogP contribution in [0.1, 0.15) is 12.8 Å². The second kappa shape index (κ2) is 4.47. The lowest BCUT2D eigenvalue weighted by molar-refractivity contribution is -0.155. The van der Waals surface area contributed by atoms with Gasteiger partial charge in [0.15, 0.2) is 12.4 Å². The first kappa shape index (κ1) is 10.9. The Bertz CT molecular complexity index is 246. The van der Waals surface area contributed by atoms with E-state index in [1.165, 1.54) is 0 Å². The summed E-state index contributed by atoms with van der Waals surface area (Å²) in [5, 5.41) is 8.77. The van der Waals surface area contributed by atoms with Gasteiger partial charge in [-0.15, -0.1) is 0 Å². The lowest BCUT2D eigenvalue weighted by Crippen LogP contribution is -2.39. The molecular weight excluding hydrogens is 198 g/mol. The fraction of sp³-hybridized carbons (Fsp3) is 0.900. The third kappa shape index (κ3) is 2.48. The van der Waals surface area contributed by atoms with Gasteiger partial charge < -0.3 is 19.5 Å². The Hall–Kier alpha value is -0.650. The Morgan fingerprint density at radius 3 is 2.93 bits per heavy atom. The standard InChI is InChI=1S/C10H17NO4/c1-11-4-2-3-7(5-11)10-14-6-8(15-10)9(12)13/h7-8,10H,2-6H2,1H3,(H,12,13). The summed E-state index contributed by atoms with van der Waals surface area (Å²) in [6.45, 7) is 2.21. The van der Waals surface area contributed by atoms with E-state index in [0.29, 0.717) is 5.92 Å². The summed E-state index contributed by atoms with van der Waals surface area (Å²) < 4.78 is 10.7. The van der Waals surface area contributed by atoms with Crippen molar-refractivity contribution in [1.82, 2.24) is 4.90 Å². The van der Waals surface area contributed by atoms with Gasteiger partial charge >= 0.3 is 5.97 Å². The predicted octanol–water partition coefficient (Wildman–Crippen LogP) is 0.154. The molecule has 3 atom stereocenters. The first-order chi connectivity index (χ1) is 7.16. The SMILES string of the molecule is CN1CCCC(C2OCC(C(=O)O)O2)C1. The summed E-state index contributed by atoms with van der Waals surface area (Å²) in [5.41, 5.74) is 0. The highest BCUT2D eigenvalue weighted by molar-refractivity contribution is 5.72. The topological polar surface area (TPSA) is 59.0 Å². The van der Waals surface area contributed by atoms with Crippen LogP contribution in [0.3, 0.4) is 0 Å². The molecule has 86 valence electrons. The van der Waals surface area contributed by atoms with Gasteiger partial charge in [-0.25, -0.2) is 4.79 Å². The van der Waals surface area contributed by atoms with Crippen molar-refractivity contribution in [3.63, 3.8) is 0 Å². The lowest BCUT2D eigenvalue weighted by atomic mass is 9.98. The first-order valence-corrected chi connectivity index (χ1v) is 5.35. The van der Waals surface area contributed by atoms with E-state index in [1.54, 1.807) is 0 Å². The summed E-state index contributed by atoms with van der Waals surface area (Å²) in [6, 6.07) is 0. The van der Waals surface area contributed by atoms with Crippen LogP contribution in [0.25, 0.3) is 0 Å². The molecule has 0 aromatic heterocycles. The number of likely N-dealkylation sites (tertiary alicyclic amines) is 1. The molecular formula is C10H17NO4. The largest absolute Gasteiger partial charge is 0.479 e. The highest BCUT2D eigenvalue weighted by Crippen LogP contribution is 2.26. The van der Waals surface area contributed by atoms with Gasteiger partial charge in [-0.05, 0) is 26.4 Å². The number of nitrogens with zero attached hydrogens (tertiary/aromatic N) is 1. The van der Waals surface area contributed by atoms with E-state index in [9.17, 15) is 4.79 Å².